The van der Waals surface area contributed by atoms with Gasteiger partial charge in [-0.2, -0.15) is 0 Å². The Kier molecular flexibility index (Phi) is 3.81. The van der Waals surface area contributed by atoms with E-state index in [-0.39, 0.29) is 11.1 Å². The summed E-state index contributed by atoms with van der Waals surface area (Å²) in [7, 11) is 0. The van der Waals surface area contributed by atoms with Gasteiger partial charge >= 0.3 is 0 Å². The first-order chi connectivity index (χ1) is 8.37. The van der Waals surface area contributed by atoms with Crippen molar-refractivity contribution in [1.29, 1.82) is 0 Å². The molecule has 0 bridgehead atoms. The van der Waals surface area contributed by atoms with Crippen molar-refractivity contribution in [3.05, 3.63) is 16.6 Å². The average Bonchev–Trinajstić information content (AvgIpc) is 2.82. The van der Waals surface area contributed by atoms with Gasteiger partial charge in [0.2, 0.25) is 0 Å². The Morgan fingerprint density at radius 1 is 1.56 bits per heavy atom. The van der Waals surface area contributed by atoms with Crippen molar-refractivity contribution in [3.8, 4) is 0 Å². The van der Waals surface area contributed by atoms with Crippen molar-refractivity contribution >= 4 is 11.3 Å². The number of nitrogens with one attached hydrogen (secondary N) is 1. The Bertz CT molecular complexity index is 384. The molecule has 1 fully saturated rings. The molecule has 1 aromatic heterocycles. The van der Waals surface area contributed by atoms with Crippen molar-refractivity contribution in [1.82, 2.24) is 15.2 Å². The van der Waals surface area contributed by atoms with E-state index in [4.69, 9.17) is 0 Å². The van der Waals surface area contributed by atoms with Crippen LogP contribution < -0.4 is 5.32 Å². The van der Waals surface area contributed by atoms with E-state index in [0.717, 1.165) is 13.1 Å². The predicted octanol–water partition coefficient (Wildman–Crippen LogP) is 2.84. The Labute approximate surface area is 115 Å². The molecule has 1 aliphatic heterocycles. The smallest absolute Gasteiger partial charge is 0.112 e. The van der Waals surface area contributed by atoms with Gasteiger partial charge in [0.05, 0.1) is 5.54 Å². The molecule has 1 N–H and O–H groups in total. The number of hydrogen-bond donors (Lipinski definition) is 1. The van der Waals surface area contributed by atoms with Gasteiger partial charge in [-0.05, 0) is 34.1 Å². The molecule has 0 aliphatic carbocycles. The van der Waals surface area contributed by atoms with E-state index in [1.807, 2.05) is 6.20 Å². The SMILES string of the molecule is CCC1CNC(C)(C)CN1C(C)(C)c1nccs1. The molecule has 2 rings (SSSR count). The molecule has 3 nitrogen and oxygen atoms in total. The Hall–Kier alpha value is -0.450. The molecular formula is C14H25N3S. The first-order valence-corrected chi connectivity index (χ1v) is 7.66. The fraction of sp³-hybridized carbons (Fsp3) is 0.786. The van der Waals surface area contributed by atoms with Crippen molar-refractivity contribution in [2.24, 2.45) is 0 Å². The summed E-state index contributed by atoms with van der Waals surface area (Å²) in [6.45, 7) is 13.6. The largest absolute Gasteiger partial charge is 0.309 e. The second-order valence-electron chi connectivity index (χ2n) is 6.35. The third-order valence-corrected chi connectivity index (χ3v) is 5.05. The van der Waals surface area contributed by atoms with Crippen LogP contribution in [0.25, 0.3) is 0 Å². The summed E-state index contributed by atoms with van der Waals surface area (Å²) >= 11 is 1.76. The molecule has 0 spiro atoms. The van der Waals surface area contributed by atoms with E-state index < -0.39 is 0 Å². The monoisotopic (exact) mass is 267 g/mol. The van der Waals surface area contributed by atoms with Crippen LogP contribution in [0.5, 0.6) is 0 Å². The second kappa shape index (κ2) is 4.91. The first-order valence-electron chi connectivity index (χ1n) is 6.78. The van der Waals surface area contributed by atoms with Crippen LogP contribution in [0.15, 0.2) is 11.6 Å². The Morgan fingerprint density at radius 2 is 2.28 bits per heavy atom. The van der Waals surface area contributed by atoms with Crippen LogP contribution >= 0.6 is 11.3 Å². The van der Waals surface area contributed by atoms with E-state index in [1.54, 1.807) is 11.3 Å². The van der Waals surface area contributed by atoms with E-state index in [1.165, 1.54) is 11.4 Å². The molecule has 102 valence electrons. The topological polar surface area (TPSA) is 28.2 Å². The number of aromatic nitrogens is 1. The molecule has 4 heteroatoms. The lowest BCUT2D eigenvalue weighted by Crippen LogP contribution is -2.65. The predicted molar refractivity (Wildman–Crippen MR) is 78.0 cm³/mol. The molecule has 2 heterocycles. The quantitative estimate of drug-likeness (QED) is 0.913. The fourth-order valence-corrected chi connectivity index (χ4v) is 3.56. The van der Waals surface area contributed by atoms with Crippen molar-refractivity contribution in [2.75, 3.05) is 13.1 Å². The minimum atomic E-state index is 0.0220. The van der Waals surface area contributed by atoms with Gasteiger partial charge in [0.25, 0.3) is 0 Å². The maximum atomic E-state index is 4.54. The molecule has 1 unspecified atom stereocenters. The van der Waals surface area contributed by atoms with Crippen LogP contribution in [0, 0.1) is 0 Å². The molecule has 1 saturated heterocycles. The summed E-state index contributed by atoms with van der Waals surface area (Å²) in [6.07, 6.45) is 3.09. The maximum Gasteiger partial charge on any atom is 0.112 e. The highest BCUT2D eigenvalue weighted by Crippen LogP contribution is 2.34. The van der Waals surface area contributed by atoms with Crippen LogP contribution in [-0.2, 0) is 5.54 Å². The lowest BCUT2D eigenvalue weighted by atomic mass is 9.91. The van der Waals surface area contributed by atoms with E-state index in [2.05, 4.69) is 55.2 Å². The summed E-state index contributed by atoms with van der Waals surface area (Å²) in [5, 5.41) is 6.94. The van der Waals surface area contributed by atoms with Crippen LogP contribution in [-0.4, -0.2) is 34.6 Å². The highest BCUT2D eigenvalue weighted by Gasteiger charge is 2.41. The molecule has 1 aromatic rings. The number of hydrogen-bond acceptors (Lipinski definition) is 4. The summed E-state index contributed by atoms with van der Waals surface area (Å²) in [6, 6.07) is 0.594. The van der Waals surface area contributed by atoms with Gasteiger partial charge in [0, 0.05) is 36.2 Å². The van der Waals surface area contributed by atoms with Gasteiger partial charge in [-0.3, -0.25) is 4.90 Å². The standard InChI is InChI=1S/C14H25N3S/c1-6-11-9-16-13(2,3)10-17(11)14(4,5)12-15-7-8-18-12/h7-8,11,16H,6,9-10H2,1-5H3. The minimum absolute atomic E-state index is 0.0220. The highest BCUT2D eigenvalue weighted by molar-refractivity contribution is 7.09. The van der Waals surface area contributed by atoms with Gasteiger partial charge in [0.15, 0.2) is 0 Å². The highest BCUT2D eigenvalue weighted by atomic mass is 32.1. The number of nitrogens with zero attached hydrogens (tertiary/aromatic N) is 2. The van der Waals surface area contributed by atoms with Gasteiger partial charge in [-0.15, -0.1) is 11.3 Å². The van der Waals surface area contributed by atoms with E-state index in [9.17, 15) is 0 Å². The Morgan fingerprint density at radius 3 is 2.83 bits per heavy atom. The zero-order valence-corrected chi connectivity index (χ0v) is 13.0. The number of piperazine rings is 1. The van der Waals surface area contributed by atoms with Gasteiger partial charge in [-0.25, -0.2) is 4.98 Å². The summed E-state index contributed by atoms with van der Waals surface area (Å²) in [5.41, 5.74) is 0.203. The molecular weight excluding hydrogens is 242 g/mol. The van der Waals surface area contributed by atoms with Crippen LogP contribution in [0.1, 0.15) is 46.0 Å². The lowest BCUT2D eigenvalue weighted by molar-refractivity contribution is 0.00528. The van der Waals surface area contributed by atoms with Crippen LogP contribution in [0.3, 0.4) is 0 Å². The van der Waals surface area contributed by atoms with Gasteiger partial charge in [-0.1, -0.05) is 6.92 Å². The number of rotatable bonds is 3. The van der Waals surface area contributed by atoms with Gasteiger partial charge < -0.3 is 5.32 Å². The molecule has 1 aliphatic rings. The van der Waals surface area contributed by atoms with Crippen LogP contribution in [0.2, 0.25) is 0 Å². The molecule has 18 heavy (non-hydrogen) atoms. The lowest BCUT2D eigenvalue weighted by Gasteiger charge is -2.51. The zero-order chi connectivity index (χ0) is 13.4. The minimum Gasteiger partial charge on any atom is -0.309 e. The normalized spacial score (nSPS) is 25.3. The molecule has 0 saturated carbocycles. The summed E-state index contributed by atoms with van der Waals surface area (Å²) in [4.78, 5) is 7.16. The maximum absolute atomic E-state index is 4.54. The Balaban J connectivity index is 2.27. The molecule has 0 radical (unpaired) electrons. The van der Waals surface area contributed by atoms with Crippen molar-refractivity contribution in [2.45, 2.75) is 58.2 Å². The third-order valence-electron chi connectivity index (χ3n) is 3.97. The van der Waals surface area contributed by atoms with Crippen molar-refractivity contribution in [3.63, 3.8) is 0 Å². The third kappa shape index (κ3) is 2.60. The fourth-order valence-electron chi connectivity index (χ4n) is 2.78. The second-order valence-corrected chi connectivity index (χ2v) is 7.25. The van der Waals surface area contributed by atoms with Crippen molar-refractivity contribution < 1.29 is 0 Å². The van der Waals surface area contributed by atoms with Crippen LogP contribution in [0.4, 0.5) is 0 Å². The molecule has 0 aromatic carbocycles. The summed E-state index contributed by atoms with van der Waals surface area (Å²) < 4.78 is 0. The number of thiazole rings is 1. The van der Waals surface area contributed by atoms with Gasteiger partial charge in [0.1, 0.15) is 5.01 Å². The zero-order valence-electron chi connectivity index (χ0n) is 12.2. The molecule has 0 amide bonds. The molecule has 1 atom stereocenters. The van der Waals surface area contributed by atoms with E-state index in [0.29, 0.717) is 6.04 Å². The summed E-state index contributed by atoms with van der Waals surface area (Å²) in [5.74, 6) is 0. The first kappa shape index (κ1) is 14.0. The van der Waals surface area contributed by atoms with E-state index >= 15 is 0 Å². The average molecular weight is 267 g/mol.